The highest BCUT2D eigenvalue weighted by atomic mass is 16.5. The zero-order valence-corrected chi connectivity index (χ0v) is 13.4. The predicted octanol–water partition coefficient (Wildman–Crippen LogP) is 3.58. The Morgan fingerprint density at radius 3 is 2.46 bits per heavy atom. The Bertz CT molecular complexity index is 823. The van der Waals surface area contributed by atoms with Gasteiger partial charge in [-0.05, 0) is 43.3 Å². The molecule has 0 atom stereocenters. The van der Waals surface area contributed by atoms with Gasteiger partial charge in [0.05, 0.1) is 0 Å². The molecule has 6 heteroatoms. The summed E-state index contributed by atoms with van der Waals surface area (Å²) in [5.74, 6) is 1.41. The van der Waals surface area contributed by atoms with Crippen LogP contribution in [-0.4, -0.2) is 16.1 Å². The van der Waals surface area contributed by atoms with Crippen LogP contribution in [0.15, 0.2) is 52.9 Å². The Kier molecular flexibility index (Phi) is 4.56. The molecular weight excluding hydrogens is 306 g/mol. The SMILES string of the molecule is CC(=O)Nc1ccc(OCc2nnc(-c3ccc(C)cc3)o2)cc1. The maximum atomic E-state index is 11.0. The summed E-state index contributed by atoms with van der Waals surface area (Å²) in [5.41, 5.74) is 2.76. The van der Waals surface area contributed by atoms with Crippen LogP contribution in [0.3, 0.4) is 0 Å². The van der Waals surface area contributed by atoms with E-state index in [-0.39, 0.29) is 12.5 Å². The van der Waals surface area contributed by atoms with Crippen LogP contribution in [0, 0.1) is 6.92 Å². The number of hydrogen-bond acceptors (Lipinski definition) is 5. The lowest BCUT2D eigenvalue weighted by Crippen LogP contribution is -2.05. The zero-order chi connectivity index (χ0) is 16.9. The molecule has 0 unspecified atom stereocenters. The van der Waals surface area contributed by atoms with E-state index in [1.165, 1.54) is 12.5 Å². The Morgan fingerprint density at radius 2 is 1.79 bits per heavy atom. The predicted molar refractivity (Wildman–Crippen MR) is 89.5 cm³/mol. The molecule has 24 heavy (non-hydrogen) atoms. The number of ether oxygens (including phenoxy) is 1. The highest BCUT2D eigenvalue weighted by Gasteiger charge is 2.09. The van der Waals surface area contributed by atoms with E-state index in [2.05, 4.69) is 15.5 Å². The molecule has 3 aromatic rings. The number of aryl methyl sites for hydroxylation is 1. The molecule has 2 aromatic carbocycles. The second-order valence-electron chi connectivity index (χ2n) is 5.36. The standard InChI is InChI=1S/C18H17N3O3/c1-12-3-5-14(6-4-12)18-21-20-17(24-18)11-23-16-9-7-15(8-10-16)19-13(2)22/h3-10H,11H2,1-2H3,(H,19,22). The molecule has 0 fully saturated rings. The van der Waals surface area contributed by atoms with E-state index in [0.717, 1.165) is 5.56 Å². The molecule has 0 aliphatic carbocycles. The second-order valence-corrected chi connectivity index (χ2v) is 5.36. The topological polar surface area (TPSA) is 77.2 Å². The van der Waals surface area contributed by atoms with E-state index < -0.39 is 0 Å². The lowest BCUT2D eigenvalue weighted by atomic mass is 10.1. The number of benzene rings is 2. The van der Waals surface area contributed by atoms with Crippen LogP contribution < -0.4 is 10.1 Å². The number of rotatable bonds is 5. The summed E-state index contributed by atoms with van der Waals surface area (Å²) in [4.78, 5) is 11.0. The summed E-state index contributed by atoms with van der Waals surface area (Å²) in [6.45, 7) is 3.66. The number of carbonyl (C=O) groups excluding carboxylic acids is 1. The van der Waals surface area contributed by atoms with Gasteiger partial charge in [-0.3, -0.25) is 4.79 Å². The summed E-state index contributed by atoms with van der Waals surface area (Å²) in [5, 5.41) is 10.7. The van der Waals surface area contributed by atoms with Crippen LogP contribution in [-0.2, 0) is 11.4 Å². The largest absolute Gasteiger partial charge is 0.484 e. The summed E-state index contributed by atoms with van der Waals surface area (Å²) >= 11 is 0. The normalized spacial score (nSPS) is 10.4. The molecule has 0 bridgehead atoms. The van der Waals surface area contributed by atoms with Crippen molar-refractivity contribution in [1.29, 1.82) is 0 Å². The van der Waals surface area contributed by atoms with Crippen LogP contribution in [0.5, 0.6) is 5.75 Å². The molecule has 0 aliphatic heterocycles. The van der Waals surface area contributed by atoms with E-state index >= 15 is 0 Å². The lowest BCUT2D eigenvalue weighted by Gasteiger charge is -2.05. The summed E-state index contributed by atoms with van der Waals surface area (Å²) in [7, 11) is 0. The number of nitrogens with one attached hydrogen (secondary N) is 1. The first kappa shape index (κ1) is 15.7. The number of hydrogen-bond donors (Lipinski definition) is 1. The fourth-order valence-corrected chi connectivity index (χ4v) is 2.11. The minimum atomic E-state index is -0.113. The number of nitrogens with zero attached hydrogens (tertiary/aromatic N) is 2. The van der Waals surface area contributed by atoms with Gasteiger partial charge in [0, 0.05) is 18.2 Å². The molecule has 0 spiro atoms. The average Bonchev–Trinajstić information content (AvgIpc) is 3.03. The van der Waals surface area contributed by atoms with Crippen molar-refractivity contribution in [3.63, 3.8) is 0 Å². The van der Waals surface area contributed by atoms with Crippen molar-refractivity contribution in [3.8, 4) is 17.2 Å². The highest BCUT2D eigenvalue weighted by molar-refractivity contribution is 5.88. The van der Waals surface area contributed by atoms with Gasteiger partial charge in [0.25, 0.3) is 5.89 Å². The van der Waals surface area contributed by atoms with Crippen molar-refractivity contribution in [2.45, 2.75) is 20.5 Å². The van der Waals surface area contributed by atoms with Gasteiger partial charge in [-0.1, -0.05) is 17.7 Å². The third-order valence-corrected chi connectivity index (χ3v) is 3.30. The molecule has 1 heterocycles. The van der Waals surface area contributed by atoms with Crippen molar-refractivity contribution in [2.75, 3.05) is 5.32 Å². The molecule has 0 aliphatic rings. The first-order valence-electron chi connectivity index (χ1n) is 7.50. The molecular formula is C18H17N3O3. The molecule has 0 saturated heterocycles. The minimum absolute atomic E-state index is 0.113. The quantitative estimate of drug-likeness (QED) is 0.776. The molecule has 122 valence electrons. The average molecular weight is 323 g/mol. The Morgan fingerprint density at radius 1 is 1.08 bits per heavy atom. The van der Waals surface area contributed by atoms with Crippen molar-refractivity contribution < 1.29 is 13.9 Å². The van der Waals surface area contributed by atoms with Gasteiger partial charge in [0.15, 0.2) is 6.61 Å². The smallest absolute Gasteiger partial charge is 0.254 e. The molecule has 1 aromatic heterocycles. The van der Waals surface area contributed by atoms with Gasteiger partial charge in [-0.2, -0.15) is 0 Å². The van der Waals surface area contributed by atoms with Gasteiger partial charge in [0.1, 0.15) is 5.75 Å². The van der Waals surface area contributed by atoms with Crippen molar-refractivity contribution >= 4 is 11.6 Å². The maximum absolute atomic E-state index is 11.0. The monoisotopic (exact) mass is 323 g/mol. The molecule has 1 amide bonds. The molecule has 6 nitrogen and oxygen atoms in total. The van der Waals surface area contributed by atoms with Crippen LogP contribution >= 0.6 is 0 Å². The first-order chi connectivity index (χ1) is 11.6. The van der Waals surface area contributed by atoms with E-state index in [9.17, 15) is 4.79 Å². The Labute approximate surface area is 139 Å². The number of aromatic nitrogens is 2. The zero-order valence-electron chi connectivity index (χ0n) is 13.4. The van der Waals surface area contributed by atoms with E-state index in [4.69, 9.17) is 9.15 Å². The van der Waals surface area contributed by atoms with Crippen LogP contribution in [0.1, 0.15) is 18.4 Å². The second kappa shape index (κ2) is 6.95. The molecule has 3 rings (SSSR count). The number of carbonyl (C=O) groups is 1. The van der Waals surface area contributed by atoms with Gasteiger partial charge in [0.2, 0.25) is 11.8 Å². The van der Waals surface area contributed by atoms with Crippen molar-refractivity contribution in [3.05, 3.63) is 60.0 Å². The third kappa shape index (κ3) is 3.98. The van der Waals surface area contributed by atoms with Crippen molar-refractivity contribution in [1.82, 2.24) is 10.2 Å². The maximum Gasteiger partial charge on any atom is 0.254 e. The third-order valence-electron chi connectivity index (χ3n) is 3.30. The van der Waals surface area contributed by atoms with Crippen LogP contribution in [0.25, 0.3) is 11.5 Å². The van der Waals surface area contributed by atoms with E-state index in [1.54, 1.807) is 24.3 Å². The molecule has 0 radical (unpaired) electrons. The molecule has 0 saturated carbocycles. The summed E-state index contributed by atoms with van der Waals surface area (Å²) in [6, 6.07) is 14.9. The Balaban J connectivity index is 1.61. The van der Waals surface area contributed by atoms with E-state index in [1.807, 2.05) is 31.2 Å². The van der Waals surface area contributed by atoms with E-state index in [0.29, 0.717) is 23.2 Å². The summed E-state index contributed by atoms with van der Waals surface area (Å²) in [6.07, 6.45) is 0. The van der Waals surface area contributed by atoms with Gasteiger partial charge >= 0.3 is 0 Å². The van der Waals surface area contributed by atoms with Gasteiger partial charge < -0.3 is 14.5 Å². The lowest BCUT2D eigenvalue weighted by molar-refractivity contribution is -0.114. The Hall–Kier alpha value is -3.15. The van der Waals surface area contributed by atoms with Crippen molar-refractivity contribution in [2.24, 2.45) is 0 Å². The molecule has 1 N–H and O–H groups in total. The van der Waals surface area contributed by atoms with Crippen LogP contribution in [0.4, 0.5) is 5.69 Å². The fourth-order valence-electron chi connectivity index (χ4n) is 2.11. The first-order valence-corrected chi connectivity index (χ1v) is 7.50. The van der Waals surface area contributed by atoms with Gasteiger partial charge in [-0.15, -0.1) is 10.2 Å². The number of anilines is 1. The summed E-state index contributed by atoms with van der Waals surface area (Å²) < 4.78 is 11.2. The number of amides is 1. The van der Waals surface area contributed by atoms with Crippen LogP contribution in [0.2, 0.25) is 0 Å². The fraction of sp³-hybridized carbons (Fsp3) is 0.167. The van der Waals surface area contributed by atoms with Gasteiger partial charge in [-0.25, -0.2) is 0 Å². The minimum Gasteiger partial charge on any atom is -0.484 e. The highest BCUT2D eigenvalue weighted by Crippen LogP contribution is 2.20.